The van der Waals surface area contributed by atoms with Crippen LogP contribution >= 0.6 is 0 Å². The minimum atomic E-state index is -0.457. The fourth-order valence-electron chi connectivity index (χ4n) is 2.65. The van der Waals surface area contributed by atoms with E-state index in [0.717, 1.165) is 6.42 Å². The van der Waals surface area contributed by atoms with Crippen LogP contribution in [0.2, 0.25) is 0 Å². The van der Waals surface area contributed by atoms with Gasteiger partial charge in [-0.1, -0.05) is 26.0 Å². The topological polar surface area (TPSA) is 40.6 Å². The van der Waals surface area contributed by atoms with Crippen molar-refractivity contribution < 1.29 is 9.59 Å². The van der Waals surface area contributed by atoms with E-state index in [1.54, 1.807) is 17.1 Å². The van der Waals surface area contributed by atoms with Crippen LogP contribution in [0.4, 0.5) is 0 Å². The Kier molecular flexibility index (Phi) is 5.80. The van der Waals surface area contributed by atoms with Gasteiger partial charge in [0, 0.05) is 26.2 Å². The van der Waals surface area contributed by atoms with Crippen molar-refractivity contribution in [3.05, 3.63) is 25.3 Å². The van der Waals surface area contributed by atoms with Gasteiger partial charge in [-0.25, -0.2) is 0 Å². The third kappa shape index (κ3) is 4.23. The van der Waals surface area contributed by atoms with Crippen molar-refractivity contribution in [3.63, 3.8) is 0 Å². The molecule has 106 valence electrons. The van der Waals surface area contributed by atoms with Crippen LogP contribution in [0, 0.1) is 11.8 Å². The summed E-state index contributed by atoms with van der Waals surface area (Å²) in [6.07, 6.45) is 4.35. The molecule has 4 heteroatoms. The van der Waals surface area contributed by atoms with Crippen molar-refractivity contribution in [1.82, 2.24) is 9.80 Å². The minimum absolute atomic E-state index is 0.371. The summed E-state index contributed by atoms with van der Waals surface area (Å²) in [5.41, 5.74) is 0. The van der Waals surface area contributed by atoms with Gasteiger partial charge in [-0.2, -0.15) is 0 Å². The van der Waals surface area contributed by atoms with E-state index in [1.165, 1.54) is 4.90 Å². The Bertz CT molecular complexity index is 345. The average Bonchev–Trinajstić information content (AvgIpc) is 2.35. The molecular formula is C15H24N2O2. The molecule has 0 aromatic rings. The lowest BCUT2D eigenvalue weighted by Crippen LogP contribution is -2.50. The Morgan fingerprint density at radius 3 is 2.05 bits per heavy atom. The fraction of sp³-hybridized carbons (Fsp3) is 0.600. The molecule has 1 aliphatic heterocycles. The lowest BCUT2D eigenvalue weighted by atomic mass is 9.92. The van der Waals surface area contributed by atoms with Crippen molar-refractivity contribution in [2.45, 2.75) is 20.3 Å². The molecule has 0 N–H and O–H groups in total. The quantitative estimate of drug-likeness (QED) is 0.573. The van der Waals surface area contributed by atoms with Gasteiger partial charge in [0.2, 0.25) is 0 Å². The molecule has 2 unspecified atom stereocenters. The molecule has 2 amide bonds. The van der Waals surface area contributed by atoms with Crippen LogP contribution in [0.3, 0.4) is 0 Å². The zero-order chi connectivity index (χ0) is 14.4. The first-order valence-electron chi connectivity index (χ1n) is 6.79. The number of hydrogen-bond acceptors (Lipinski definition) is 2. The highest BCUT2D eigenvalue weighted by molar-refractivity contribution is 6.35. The van der Waals surface area contributed by atoms with Crippen LogP contribution in [-0.2, 0) is 9.59 Å². The molecular weight excluding hydrogens is 240 g/mol. The summed E-state index contributed by atoms with van der Waals surface area (Å²) in [6, 6.07) is 0. The van der Waals surface area contributed by atoms with Crippen LogP contribution < -0.4 is 0 Å². The Labute approximate surface area is 115 Å². The first-order chi connectivity index (χ1) is 8.99. The van der Waals surface area contributed by atoms with Crippen LogP contribution in [0.1, 0.15) is 20.3 Å². The van der Waals surface area contributed by atoms with Crippen molar-refractivity contribution in [3.8, 4) is 0 Å². The second kappa shape index (κ2) is 7.12. The van der Waals surface area contributed by atoms with Gasteiger partial charge >= 0.3 is 11.8 Å². The molecule has 4 nitrogen and oxygen atoms in total. The van der Waals surface area contributed by atoms with Gasteiger partial charge in [-0.3, -0.25) is 9.59 Å². The summed E-state index contributed by atoms with van der Waals surface area (Å²) in [5, 5.41) is 0. The van der Waals surface area contributed by atoms with Crippen LogP contribution in [0.25, 0.3) is 0 Å². The Morgan fingerprint density at radius 2 is 1.63 bits per heavy atom. The number of likely N-dealkylation sites (tertiary alicyclic amines) is 1. The molecule has 0 aliphatic carbocycles. The zero-order valence-electron chi connectivity index (χ0n) is 12.0. The maximum Gasteiger partial charge on any atom is 0.312 e. The van der Waals surface area contributed by atoms with E-state index in [0.29, 0.717) is 38.0 Å². The van der Waals surface area contributed by atoms with E-state index in [4.69, 9.17) is 0 Å². The number of rotatable bonds is 4. The minimum Gasteiger partial charge on any atom is -0.334 e. The molecule has 1 aliphatic rings. The first kappa shape index (κ1) is 15.5. The molecule has 0 spiro atoms. The van der Waals surface area contributed by atoms with Crippen LogP contribution in [-0.4, -0.2) is 47.8 Å². The van der Waals surface area contributed by atoms with Crippen molar-refractivity contribution >= 4 is 11.8 Å². The predicted octanol–water partition coefficient (Wildman–Crippen LogP) is 1.69. The number of amides is 2. The number of hydrogen-bond donors (Lipinski definition) is 0. The summed E-state index contributed by atoms with van der Waals surface area (Å²) in [5.74, 6) is 0.0451. The van der Waals surface area contributed by atoms with E-state index < -0.39 is 11.8 Å². The smallest absolute Gasteiger partial charge is 0.312 e. The van der Waals surface area contributed by atoms with E-state index in [1.807, 2.05) is 0 Å². The molecule has 1 rings (SSSR count). The van der Waals surface area contributed by atoms with Gasteiger partial charge in [0.1, 0.15) is 0 Å². The Balaban J connectivity index is 2.71. The monoisotopic (exact) mass is 264 g/mol. The third-order valence-electron chi connectivity index (χ3n) is 3.33. The maximum atomic E-state index is 12.2. The molecule has 0 bridgehead atoms. The fourth-order valence-corrected chi connectivity index (χ4v) is 2.65. The lowest BCUT2D eigenvalue weighted by Gasteiger charge is -2.35. The SMILES string of the molecule is C=CCN(CC=C)C(=O)C(=O)N1CC(C)CC(C)C1. The number of carbonyl (C=O) groups excluding carboxylic acids is 2. The van der Waals surface area contributed by atoms with Crippen molar-refractivity contribution in [2.75, 3.05) is 26.2 Å². The van der Waals surface area contributed by atoms with Gasteiger partial charge in [-0.15, -0.1) is 13.2 Å². The molecule has 0 radical (unpaired) electrons. The van der Waals surface area contributed by atoms with Gasteiger partial charge in [0.05, 0.1) is 0 Å². The highest BCUT2D eigenvalue weighted by Gasteiger charge is 2.31. The summed E-state index contributed by atoms with van der Waals surface area (Å²) >= 11 is 0. The highest BCUT2D eigenvalue weighted by Crippen LogP contribution is 2.21. The first-order valence-corrected chi connectivity index (χ1v) is 6.79. The summed E-state index contributed by atoms with van der Waals surface area (Å²) in [4.78, 5) is 27.6. The number of carbonyl (C=O) groups is 2. The summed E-state index contributed by atoms with van der Waals surface area (Å²) in [6.45, 7) is 13.5. The average molecular weight is 264 g/mol. The molecule has 1 heterocycles. The summed E-state index contributed by atoms with van der Waals surface area (Å²) < 4.78 is 0. The molecule has 0 aromatic heterocycles. The largest absolute Gasteiger partial charge is 0.334 e. The zero-order valence-corrected chi connectivity index (χ0v) is 12.0. The second-order valence-electron chi connectivity index (χ2n) is 5.44. The van der Waals surface area contributed by atoms with Crippen LogP contribution in [0.15, 0.2) is 25.3 Å². The van der Waals surface area contributed by atoms with Crippen molar-refractivity contribution in [2.24, 2.45) is 11.8 Å². The molecule has 0 aromatic carbocycles. The van der Waals surface area contributed by atoms with Crippen LogP contribution in [0.5, 0.6) is 0 Å². The molecule has 19 heavy (non-hydrogen) atoms. The second-order valence-corrected chi connectivity index (χ2v) is 5.44. The lowest BCUT2D eigenvalue weighted by molar-refractivity contribution is -0.152. The molecule has 1 fully saturated rings. The van der Waals surface area contributed by atoms with E-state index in [2.05, 4.69) is 27.0 Å². The molecule has 1 saturated heterocycles. The van der Waals surface area contributed by atoms with Gasteiger partial charge < -0.3 is 9.80 Å². The normalized spacial score (nSPS) is 22.7. The number of piperidine rings is 1. The third-order valence-corrected chi connectivity index (χ3v) is 3.33. The Morgan fingerprint density at radius 1 is 1.16 bits per heavy atom. The van der Waals surface area contributed by atoms with Gasteiger partial charge in [0.25, 0.3) is 0 Å². The number of nitrogens with zero attached hydrogens (tertiary/aromatic N) is 2. The van der Waals surface area contributed by atoms with E-state index in [9.17, 15) is 9.59 Å². The molecule has 0 saturated carbocycles. The summed E-state index contributed by atoms with van der Waals surface area (Å²) in [7, 11) is 0. The maximum absolute atomic E-state index is 12.2. The molecule has 2 atom stereocenters. The predicted molar refractivity (Wildman–Crippen MR) is 76.5 cm³/mol. The van der Waals surface area contributed by atoms with Gasteiger partial charge in [-0.05, 0) is 18.3 Å². The van der Waals surface area contributed by atoms with E-state index >= 15 is 0 Å². The van der Waals surface area contributed by atoms with E-state index in [-0.39, 0.29) is 0 Å². The van der Waals surface area contributed by atoms with Gasteiger partial charge in [0.15, 0.2) is 0 Å². The highest BCUT2D eigenvalue weighted by atomic mass is 16.2. The Hall–Kier alpha value is -1.58. The standard InChI is InChI=1S/C15H24N2O2/c1-5-7-16(8-6-2)14(18)15(19)17-10-12(3)9-13(4)11-17/h5-6,12-13H,1-2,7-11H2,3-4H3. The van der Waals surface area contributed by atoms with Crippen molar-refractivity contribution in [1.29, 1.82) is 0 Å².